The molecule has 1 aromatic heterocycles. The van der Waals surface area contributed by atoms with Gasteiger partial charge in [-0.3, -0.25) is 4.68 Å². The van der Waals surface area contributed by atoms with E-state index < -0.39 is 15.8 Å². The largest absolute Gasteiger partial charge is 0.396 e. The fourth-order valence-electron chi connectivity index (χ4n) is 1.57. The lowest BCUT2D eigenvalue weighted by molar-refractivity contribution is 0.580. The Morgan fingerprint density at radius 1 is 1.50 bits per heavy atom. The van der Waals surface area contributed by atoms with E-state index >= 15 is 0 Å². The third-order valence-electron chi connectivity index (χ3n) is 2.57. The molecule has 0 saturated heterocycles. The van der Waals surface area contributed by atoms with Gasteiger partial charge in [0.25, 0.3) is 0 Å². The molecule has 0 aliphatic rings. The quantitative estimate of drug-likeness (QED) is 0.831. The SMILES string of the molecule is Cn1cc(CNS(=O)(=O)c2cc(N)c(F)cc2Cl)cn1. The summed E-state index contributed by atoms with van der Waals surface area (Å²) in [5.74, 6) is -0.763. The van der Waals surface area contributed by atoms with Crippen LogP contribution in [0, 0.1) is 5.82 Å². The van der Waals surface area contributed by atoms with Gasteiger partial charge in [0.2, 0.25) is 10.0 Å². The van der Waals surface area contributed by atoms with Gasteiger partial charge >= 0.3 is 0 Å². The van der Waals surface area contributed by atoms with Gasteiger partial charge in [0.05, 0.1) is 16.9 Å². The van der Waals surface area contributed by atoms with Crippen LogP contribution in [0.5, 0.6) is 0 Å². The van der Waals surface area contributed by atoms with Gasteiger partial charge in [0.15, 0.2) is 0 Å². The molecule has 0 atom stereocenters. The summed E-state index contributed by atoms with van der Waals surface area (Å²) >= 11 is 5.74. The van der Waals surface area contributed by atoms with Gasteiger partial charge in [-0.15, -0.1) is 0 Å². The molecular formula is C11H12ClFN4O2S. The first-order valence-corrected chi connectivity index (χ1v) is 7.37. The van der Waals surface area contributed by atoms with E-state index in [-0.39, 0.29) is 22.2 Å². The minimum Gasteiger partial charge on any atom is -0.396 e. The van der Waals surface area contributed by atoms with Crippen molar-refractivity contribution in [3.8, 4) is 0 Å². The van der Waals surface area contributed by atoms with Crippen molar-refractivity contribution >= 4 is 27.3 Å². The van der Waals surface area contributed by atoms with E-state index in [1.807, 2.05) is 0 Å². The van der Waals surface area contributed by atoms with Crippen molar-refractivity contribution in [1.82, 2.24) is 14.5 Å². The number of anilines is 1. The average molecular weight is 319 g/mol. The van der Waals surface area contributed by atoms with Crippen LogP contribution in [0.15, 0.2) is 29.4 Å². The van der Waals surface area contributed by atoms with Crippen molar-refractivity contribution in [3.63, 3.8) is 0 Å². The van der Waals surface area contributed by atoms with E-state index in [1.54, 1.807) is 17.9 Å². The number of nitrogens with two attached hydrogens (primary N) is 1. The molecular weight excluding hydrogens is 307 g/mol. The number of nitrogens with one attached hydrogen (secondary N) is 1. The van der Waals surface area contributed by atoms with E-state index in [0.29, 0.717) is 5.56 Å². The molecule has 0 unspecified atom stereocenters. The van der Waals surface area contributed by atoms with E-state index in [2.05, 4.69) is 9.82 Å². The minimum absolute atomic E-state index is 0.0454. The zero-order valence-electron chi connectivity index (χ0n) is 10.5. The third-order valence-corrected chi connectivity index (χ3v) is 4.43. The average Bonchev–Trinajstić information content (AvgIpc) is 2.77. The molecule has 108 valence electrons. The standard InChI is InChI=1S/C11H12ClFN4O2S/c1-17-6-7(4-15-17)5-16-20(18,19)11-3-10(14)9(13)2-8(11)12/h2-4,6,16H,5,14H2,1H3. The summed E-state index contributed by atoms with van der Waals surface area (Å²) in [6.45, 7) is 0.0454. The molecule has 1 heterocycles. The maximum Gasteiger partial charge on any atom is 0.242 e. The van der Waals surface area contributed by atoms with Crippen molar-refractivity contribution in [2.45, 2.75) is 11.4 Å². The molecule has 0 fully saturated rings. The molecule has 0 radical (unpaired) electrons. The fourth-order valence-corrected chi connectivity index (χ4v) is 3.14. The summed E-state index contributed by atoms with van der Waals surface area (Å²) in [4.78, 5) is -0.262. The van der Waals surface area contributed by atoms with Gasteiger partial charge in [0, 0.05) is 25.4 Å². The predicted molar refractivity (Wildman–Crippen MR) is 73.1 cm³/mol. The van der Waals surface area contributed by atoms with Gasteiger partial charge in [-0.25, -0.2) is 17.5 Å². The number of halogens is 2. The van der Waals surface area contributed by atoms with E-state index in [1.165, 1.54) is 6.20 Å². The molecule has 0 aliphatic heterocycles. The van der Waals surface area contributed by atoms with Crippen LogP contribution >= 0.6 is 11.6 Å². The normalized spacial score (nSPS) is 11.8. The zero-order valence-corrected chi connectivity index (χ0v) is 12.0. The van der Waals surface area contributed by atoms with Crippen LogP contribution in [0.25, 0.3) is 0 Å². The molecule has 20 heavy (non-hydrogen) atoms. The van der Waals surface area contributed by atoms with Crippen molar-refractivity contribution in [2.24, 2.45) is 7.05 Å². The van der Waals surface area contributed by atoms with Gasteiger partial charge in [-0.2, -0.15) is 5.10 Å². The van der Waals surface area contributed by atoms with E-state index in [4.69, 9.17) is 17.3 Å². The molecule has 0 saturated carbocycles. The van der Waals surface area contributed by atoms with E-state index in [9.17, 15) is 12.8 Å². The summed E-state index contributed by atoms with van der Waals surface area (Å²) in [7, 11) is -2.17. The van der Waals surface area contributed by atoms with Crippen LogP contribution in [0.2, 0.25) is 5.02 Å². The van der Waals surface area contributed by atoms with Crippen molar-refractivity contribution in [3.05, 3.63) is 40.9 Å². The smallest absolute Gasteiger partial charge is 0.242 e. The number of benzene rings is 1. The molecule has 0 bridgehead atoms. The second kappa shape index (κ2) is 5.39. The number of hydrogen-bond acceptors (Lipinski definition) is 4. The summed E-state index contributed by atoms with van der Waals surface area (Å²) in [6, 6.07) is 1.86. The molecule has 6 nitrogen and oxygen atoms in total. The first-order chi connectivity index (χ1) is 9.29. The Kier molecular flexibility index (Phi) is 3.98. The highest BCUT2D eigenvalue weighted by Crippen LogP contribution is 2.26. The number of aromatic nitrogens is 2. The first-order valence-electron chi connectivity index (χ1n) is 5.51. The lowest BCUT2D eigenvalue weighted by atomic mass is 10.3. The van der Waals surface area contributed by atoms with Crippen LogP contribution in [0.1, 0.15) is 5.56 Å². The Labute approximate surface area is 120 Å². The molecule has 0 amide bonds. The first kappa shape index (κ1) is 14.8. The van der Waals surface area contributed by atoms with Gasteiger partial charge < -0.3 is 5.73 Å². The number of hydrogen-bond donors (Lipinski definition) is 2. The molecule has 0 spiro atoms. The monoisotopic (exact) mass is 318 g/mol. The Morgan fingerprint density at radius 2 is 2.20 bits per heavy atom. The Bertz CT molecular complexity index is 745. The molecule has 2 aromatic rings. The van der Waals surface area contributed by atoms with Crippen LogP contribution < -0.4 is 10.5 Å². The van der Waals surface area contributed by atoms with Crippen molar-refractivity contribution < 1.29 is 12.8 Å². The fraction of sp³-hybridized carbons (Fsp3) is 0.182. The second-order valence-corrected chi connectivity index (χ2v) is 6.29. The number of rotatable bonds is 4. The van der Waals surface area contributed by atoms with Crippen LogP contribution in [0.3, 0.4) is 0 Å². The minimum atomic E-state index is -3.88. The highest BCUT2D eigenvalue weighted by molar-refractivity contribution is 7.89. The zero-order chi connectivity index (χ0) is 14.9. The van der Waals surface area contributed by atoms with Gasteiger partial charge in [-0.1, -0.05) is 11.6 Å². The molecule has 0 aliphatic carbocycles. The maximum absolute atomic E-state index is 13.2. The Hall–Kier alpha value is -1.64. The molecule has 1 aromatic carbocycles. The summed E-state index contributed by atoms with van der Waals surface area (Å²) < 4.78 is 41.3. The lowest BCUT2D eigenvalue weighted by Crippen LogP contribution is -2.23. The van der Waals surface area contributed by atoms with Crippen molar-refractivity contribution in [1.29, 1.82) is 0 Å². The van der Waals surface area contributed by atoms with Crippen molar-refractivity contribution in [2.75, 3.05) is 5.73 Å². The number of nitrogen functional groups attached to an aromatic ring is 1. The Morgan fingerprint density at radius 3 is 2.80 bits per heavy atom. The van der Waals surface area contributed by atoms with Crippen LogP contribution in [-0.4, -0.2) is 18.2 Å². The van der Waals surface area contributed by atoms with Crippen LogP contribution in [0.4, 0.5) is 10.1 Å². The maximum atomic E-state index is 13.2. The molecule has 3 N–H and O–H groups in total. The summed E-state index contributed by atoms with van der Waals surface area (Å²) in [6.07, 6.45) is 3.20. The number of aryl methyl sites for hydroxylation is 1. The lowest BCUT2D eigenvalue weighted by Gasteiger charge is -2.09. The van der Waals surface area contributed by atoms with Crippen LogP contribution in [-0.2, 0) is 23.6 Å². The summed E-state index contributed by atoms with van der Waals surface area (Å²) in [5, 5.41) is 3.69. The third kappa shape index (κ3) is 3.09. The van der Waals surface area contributed by atoms with E-state index in [0.717, 1.165) is 12.1 Å². The highest BCUT2D eigenvalue weighted by atomic mass is 35.5. The predicted octanol–water partition coefficient (Wildman–Crippen LogP) is 1.27. The highest BCUT2D eigenvalue weighted by Gasteiger charge is 2.20. The molecule has 2 rings (SSSR count). The summed E-state index contributed by atoms with van der Waals surface area (Å²) in [5.41, 5.74) is 5.76. The van der Waals surface area contributed by atoms with Gasteiger partial charge in [0.1, 0.15) is 10.7 Å². The van der Waals surface area contributed by atoms with Gasteiger partial charge in [-0.05, 0) is 12.1 Å². The topological polar surface area (TPSA) is 90.0 Å². The Balaban J connectivity index is 2.24. The second-order valence-electron chi connectivity index (χ2n) is 4.15. The molecule has 9 heteroatoms. The number of nitrogens with zero attached hydrogens (tertiary/aromatic N) is 2. The number of sulfonamides is 1.